The van der Waals surface area contributed by atoms with Gasteiger partial charge in [-0.2, -0.15) is 5.26 Å². The van der Waals surface area contributed by atoms with Crippen LogP contribution in [0.15, 0.2) is 41.9 Å². The quantitative estimate of drug-likeness (QED) is 0.623. The van der Waals surface area contributed by atoms with Gasteiger partial charge in [0.05, 0.1) is 17.5 Å². The lowest BCUT2D eigenvalue weighted by molar-refractivity contribution is 0.902. The molecule has 0 aliphatic carbocycles. The molecule has 3 aromatic rings. The van der Waals surface area contributed by atoms with Crippen LogP contribution in [0.5, 0.6) is 0 Å². The van der Waals surface area contributed by atoms with Crippen LogP contribution in [0.2, 0.25) is 0 Å². The summed E-state index contributed by atoms with van der Waals surface area (Å²) >= 11 is 1.50. The van der Waals surface area contributed by atoms with E-state index >= 15 is 0 Å². The van der Waals surface area contributed by atoms with Crippen LogP contribution >= 0.6 is 11.3 Å². The first-order valence-electron chi connectivity index (χ1n) is 8.44. The first kappa shape index (κ1) is 17.8. The number of anilines is 2. The predicted molar refractivity (Wildman–Crippen MR) is 104 cm³/mol. The van der Waals surface area contributed by atoms with Gasteiger partial charge in [0.15, 0.2) is 0 Å². The monoisotopic (exact) mass is 364 g/mol. The van der Waals surface area contributed by atoms with Gasteiger partial charge >= 0.3 is 0 Å². The standard InChI is InChI=1S/C19H20N6S/c1-2-15-12-26-18(24-15)16(11-20)17-8-10-23-19(25-17)22-9-7-13-3-5-14(21)6-4-13/h3-6,8,10,12,16H,2,7,9,21H2,1H3,(H,22,23,25). The molecule has 2 heterocycles. The predicted octanol–water partition coefficient (Wildman–Crippen LogP) is 3.39. The summed E-state index contributed by atoms with van der Waals surface area (Å²) in [5.41, 5.74) is 9.30. The van der Waals surface area contributed by atoms with E-state index in [9.17, 15) is 5.26 Å². The lowest BCUT2D eigenvalue weighted by atomic mass is 10.1. The van der Waals surface area contributed by atoms with Crippen molar-refractivity contribution >= 4 is 23.0 Å². The van der Waals surface area contributed by atoms with Gasteiger partial charge in [-0.15, -0.1) is 11.3 Å². The molecule has 0 radical (unpaired) electrons. The number of nitrogens with one attached hydrogen (secondary N) is 1. The second kappa shape index (κ2) is 8.41. The smallest absolute Gasteiger partial charge is 0.222 e. The Labute approximate surface area is 156 Å². The van der Waals surface area contributed by atoms with Gasteiger partial charge < -0.3 is 11.1 Å². The van der Waals surface area contributed by atoms with Crippen LogP contribution < -0.4 is 11.1 Å². The maximum absolute atomic E-state index is 9.58. The van der Waals surface area contributed by atoms with Gasteiger partial charge in [-0.05, 0) is 36.6 Å². The Morgan fingerprint density at radius 1 is 1.23 bits per heavy atom. The number of benzene rings is 1. The third kappa shape index (κ3) is 4.35. The highest BCUT2D eigenvalue weighted by atomic mass is 32.1. The molecule has 1 aromatic carbocycles. The second-order valence-electron chi connectivity index (χ2n) is 5.82. The summed E-state index contributed by atoms with van der Waals surface area (Å²) in [7, 11) is 0. The highest BCUT2D eigenvalue weighted by molar-refractivity contribution is 7.09. The molecule has 1 atom stereocenters. The van der Waals surface area contributed by atoms with E-state index in [1.165, 1.54) is 16.9 Å². The lowest BCUT2D eigenvalue weighted by Gasteiger charge is -2.09. The zero-order chi connectivity index (χ0) is 18.4. The van der Waals surface area contributed by atoms with Gasteiger partial charge in [0, 0.05) is 23.8 Å². The number of hydrogen-bond acceptors (Lipinski definition) is 7. The van der Waals surface area contributed by atoms with Crippen molar-refractivity contribution in [3.63, 3.8) is 0 Å². The molecule has 7 heteroatoms. The Kier molecular flexibility index (Phi) is 5.77. The van der Waals surface area contributed by atoms with Gasteiger partial charge in [-0.1, -0.05) is 19.1 Å². The third-order valence-electron chi connectivity index (χ3n) is 3.96. The number of nitrogens with zero attached hydrogens (tertiary/aromatic N) is 4. The Morgan fingerprint density at radius 2 is 2.04 bits per heavy atom. The van der Waals surface area contributed by atoms with E-state index in [4.69, 9.17) is 5.73 Å². The van der Waals surface area contributed by atoms with Crippen molar-refractivity contribution in [3.8, 4) is 6.07 Å². The van der Waals surface area contributed by atoms with Crippen molar-refractivity contribution in [1.29, 1.82) is 5.26 Å². The minimum atomic E-state index is -0.471. The Bertz CT molecular complexity index is 897. The SMILES string of the molecule is CCc1csc(C(C#N)c2ccnc(NCCc3ccc(N)cc3)n2)n1. The second-order valence-corrected chi connectivity index (χ2v) is 6.71. The number of aryl methyl sites for hydroxylation is 1. The van der Waals surface area contributed by atoms with Crippen molar-refractivity contribution in [2.75, 3.05) is 17.6 Å². The molecule has 0 fully saturated rings. The third-order valence-corrected chi connectivity index (χ3v) is 4.92. The first-order chi connectivity index (χ1) is 12.7. The maximum atomic E-state index is 9.58. The molecule has 132 valence electrons. The van der Waals surface area contributed by atoms with Crippen LogP contribution in [0, 0.1) is 11.3 Å². The van der Waals surface area contributed by atoms with Crippen molar-refractivity contribution in [1.82, 2.24) is 15.0 Å². The molecule has 0 saturated heterocycles. The summed E-state index contributed by atoms with van der Waals surface area (Å²) in [6.45, 7) is 2.75. The summed E-state index contributed by atoms with van der Waals surface area (Å²) in [6, 6.07) is 11.9. The molecule has 0 saturated carbocycles. The van der Waals surface area contributed by atoms with Crippen molar-refractivity contribution < 1.29 is 0 Å². The molecule has 0 spiro atoms. The fraction of sp³-hybridized carbons (Fsp3) is 0.263. The van der Waals surface area contributed by atoms with E-state index in [2.05, 4.69) is 26.3 Å². The number of hydrogen-bond donors (Lipinski definition) is 2. The fourth-order valence-electron chi connectivity index (χ4n) is 2.49. The largest absolute Gasteiger partial charge is 0.399 e. The summed E-state index contributed by atoms with van der Waals surface area (Å²) in [5, 5.41) is 15.6. The van der Waals surface area contributed by atoms with Gasteiger partial charge in [-0.25, -0.2) is 15.0 Å². The van der Waals surface area contributed by atoms with E-state index in [1.807, 2.05) is 36.6 Å². The fourth-order valence-corrected chi connectivity index (χ4v) is 3.44. The number of thiazole rings is 1. The van der Waals surface area contributed by atoms with Crippen molar-refractivity contribution in [2.24, 2.45) is 0 Å². The highest BCUT2D eigenvalue weighted by Gasteiger charge is 2.19. The van der Waals surface area contributed by atoms with Gasteiger partial charge in [0.2, 0.25) is 5.95 Å². The lowest BCUT2D eigenvalue weighted by Crippen LogP contribution is -2.10. The zero-order valence-corrected chi connectivity index (χ0v) is 15.3. The molecule has 2 aromatic heterocycles. The Morgan fingerprint density at radius 3 is 2.73 bits per heavy atom. The average Bonchev–Trinajstić information content (AvgIpc) is 3.13. The van der Waals surface area contributed by atoms with Gasteiger partial charge in [0.25, 0.3) is 0 Å². The number of nitrogens with two attached hydrogens (primary N) is 1. The van der Waals surface area contributed by atoms with Crippen molar-refractivity contribution in [2.45, 2.75) is 25.7 Å². The molecule has 26 heavy (non-hydrogen) atoms. The number of rotatable bonds is 7. The minimum Gasteiger partial charge on any atom is -0.399 e. The normalized spacial score (nSPS) is 11.7. The summed E-state index contributed by atoms with van der Waals surface area (Å²) in [4.78, 5) is 13.3. The van der Waals surface area contributed by atoms with E-state index < -0.39 is 5.92 Å². The van der Waals surface area contributed by atoms with Gasteiger partial charge in [-0.3, -0.25) is 0 Å². The zero-order valence-electron chi connectivity index (χ0n) is 14.5. The Hall–Kier alpha value is -2.98. The molecule has 0 aliphatic heterocycles. The summed E-state index contributed by atoms with van der Waals surface area (Å²) in [5.74, 6) is 0.0476. The molecular formula is C19H20N6S. The van der Waals surface area contributed by atoms with Crippen LogP contribution in [0.3, 0.4) is 0 Å². The molecule has 6 nitrogen and oxygen atoms in total. The summed E-state index contributed by atoms with van der Waals surface area (Å²) in [6.07, 6.45) is 3.37. The average molecular weight is 364 g/mol. The topological polar surface area (TPSA) is 101 Å². The first-order valence-corrected chi connectivity index (χ1v) is 9.32. The van der Waals surface area contributed by atoms with E-state index in [0.717, 1.165) is 29.2 Å². The molecular weight excluding hydrogens is 344 g/mol. The molecule has 3 rings (SSSR count). The van der Waals surface area contributed by atoms with E-state index in [0.29, 0.717) is 18.2 Å². The maximum Gasteiger partial charge on any atom is 0.222 e. The highest BCUT2D eigenvalue weighted by Crippen LogP contribution is 2.26. The molecule has 3 N–H and O–H groups in total. The number of nitrogen functional groups attached to an aromatic ring is 1. The van der Waals surface area contributed by atoms with Crippen LogP contribution in [0.4, 0.5) is 11.6 Å². The van der Waals surface area contributed by atoms with Crippen LogP contribution in [0.1, 0.15) is 34.8 Å². The van der Waals surface area contributed by atoms with Crippen LogP contribution in [-0.2, 0) is 12.8 Å². The molecule has 0 bridgehead atoms. The molecule has 0 amide bonds. The summed E-state index contributed by atoms with van der Waals surface area (Å²) < 4.78 is 0. The number of nitriles is 1. The van der Waals surface area contributed by atoms with E-state index in [1.54, 1.807) is 12.3 Å². The van der Waals surface area contributed by atoms with Crippen molar-refractivity contribution in [3.05, 3.63) is 63.9 Å². The van der Waals surface area contributed by atoms with E-state index in [-0.39, 0.29) is 0 Å². The Balaban J connectivity index is 1.67. The van der Waals surface area contributed by atoms with Gasteiger partial charge in [0.1, 0.15) is 10.9 Å². The number of aromatic nitrogens is 3. The molecule has 0 aliphatic rings. The van der Waals surface area contributed by atoms with Crippen LogP contribution in [0.25, 0.3) is 0 Å². The van der Waals surface area contributed by atoms with Crippen LogP contribution in [-0.4, -0.2) is 21.5 Å². The molecule has 1 unspecified atom stereocenters. The minimum absolute atomic E-state index is 0.471.